The van der Waals surface area contributed by atoms with Gasteiger partial charge in [0.05, 0.1) is 16.1 Å². The maximum atomic E-state index is 13.2. The average molecular weight is 368 g/mol. The van der Waals surface area contributed by atoms with E-state index in [1.165, 1.54) is 24.8 Å². The minimum Gasteiger partial charge on any atom is -0.459 e. The average Bonchev–Trinajstić information content (AvgIpc) is 3.05. The first-order valence-electron chi connectivity index (χ1n) is 9.71. The van der Waals surface area contributed by atoms with Gasteiger partial charge in [-0.05, 0) is 68.3 Å². The summed E-state index contributed by atoms with van der Waals surface area (Å²) >= 11 is 1.61. The van der Waals surface area contributed by atoms with Crippen LogP contribution < -0.4 is 0 Å². The van der Waals surface area contributed by atoms with Gasteiger partial charge in [0.15, 0.2) is 0 Å². The zero-order chi connectivity index (χ0) is 17.8. The molecule has 4 saturated carbocycles. The van der Waals surface area contributed by atoms with Crippen molar-refractivity contribution in [1.82, 2.24) is 4.98 Å². The third kappa shape index (κ3) is 2.61. The zero-order valence-electron chi connectivity index (χ0n) is 15.2. The first kappa shape index (κ1) is 16.5. The summed E-state index contributed by atoms with van der Waals surface area (Å²) in [4.78, 5) is 17.6. The van der Waals surface area contributed by atoms with Crippen molar-refractivity contribution in [3.05, 3.63) is 52.0 Å². The lowest BCUT2D eigenvalue weighted by atomic mass is 9.43. The number of hydrogen-bond acceptors (Lipinski definition) is 4. The summed E-state index contributed by atoms with van der Waals surface area (Å²) in [5, 5.41) is 3.02. The van der Waals surface area contributed by atoms with E-state index < -0.39 is 0 Å². The summed E-state index contributed by atoms with van der Waals surface area (Å²) in [5.41, 5.74) is 2.22. The van der Waals surface area contributed by atoms with Crippen molar-refractivity contribution in [2.24, 2.45) is 17.3 Å². The number of ether oxygens (including phenoxy) is 1. The van der Waals surface area contributed by atoms with Crippen molar-refractivity contribution in [3.63, 3.8) is 0 Å². The number of hydrogen-bond donors (Lipinski definition) is 0. The van der Waals surface area contributed by atoms with E-state index >= 15 is 0 Å². The van der Waals surface area contributed by atoms with Crippen molar-refractivity contribution in [2.45, 2.75) is 57.5 Å². The first-order valence-corrected chi connectivity index (χ1v) is 10.6. The maximum Gasteiger partial charge on any atom is 0.312 e. The SMILES string of the molecule is Cc1nc(COC(=O)C23C[C@H]4C[C@@H](C2)CC(c2ccccc2)(C4)C3)cs1. The Morgan fingerprint density at radius 2 is 1.92 bits per heavy atom. The molecule has 0 aliphatic heterocycles. The Morgan fingerprint density at radius 3 is 2.58 bits per heavy atom. The lowest BCUT2D eigenvalue weighted by Gasteiger charge is -2.61. The summed E-state index contributed by atoms with van der Waals surface area (Å²) in [6.07, 6.45) is 6.79. The van der Waals surface area contributed by atoms with Crippen molar-refractivity contribution >= 4 is 17.3 Å². The van der Waals surface area contributed by atoms with Gasteiger partial charge in [0, 0.05) is 5.38 Å². The molecule has 0 saturated heterocycles. The van der Waals surface area contributed by atoms with Crippen LogP contribution in [0.3, 0.4) is 0 Å². The summed E-state index contributed by atoms with van der Waals surface area (Å²) < 4.78 is 5.81. The lowest BCUT2D eigenvalue weighted by Crippen LogP contribution is -2.57. The van der Waals surface area contributed by atoms with E-state index in [-0.39, 0.29) is 16.8 Å². The fourth-order valence-electron chi connectivity index (χ4n) is 6.40. The highest BCUT2D eigenvalue weighted by Crippen LogP contribution is 2.66. The molecule has 2 aromatic rings. The number of thiazole rings is 1. The van der Waals surface area contributed by atoms with Crippen LogP contribution in [0.4, 0.5) is 0 Å². The maximum absolute atomic E-state index is 13.2. The van der Waals surface area contributed by atoms with E-state index in [0.29, 0.717) is 18.4 Å². The molecule has 26 heavy (non-hydrogen) atoms. The molecule has 136 valence electrons. The molecule has 4 fully saturated rings. The number of aryl methyl sites for hydroxylation is 1. The molecular formula is C22H25NO2S. The van der Waals surface area contributed by atoms with Crippen LogP contribution in [0.2, 0.25) is 0 Å². The highest BCUT2D eigenvalue weighted by atomic mass is 32.1. The Morgan fingerprint density at radius 1 is 1.19 bits per heavy atom. The molecule has 4 aliphatic rings. The number of carbonyl (C=O) groups excluding carboxylic acids is 1. The first-order chi connectivity index (χ1) is 12.6. The molecule has 1 heterocycles. The van der Waals surface area contributed by atoms with E-state index in [9.17, 15) is 4.79 Å². The molecule has 0 radical (unpaired) electrons. The molecule has 1 aromatic carbocycles. The molecular weight excluding hydrogens is 342 g/mol. The molecule has 1 aromatic heterocycles. The van der Waals surface area contributed by atoms with Gasteiger partial charge in [-0.15, -0.1) is 11.3 Å². The van der Waals surface area contributed by atoms with Gasteiger partial charge in [0.25, 0.3) is 0 Å². The second-order valence-electron chi connectivity index (χ2n) is 8.82. The van der Waals surface area contributed by atoms with Gasteiger partial charge >= 0.3 is 5.97 Å². The molecule has 3 nitrogen and oxygen atoms in total. The smallest absolute Gasteiger partial charge is 0.312 e. The molecule has 4 aliphatic carbocycles. The van der Waals surface area contributed by atoms with Crippen LogP contribution in [0.25, 0.3) is 0 Å². The second kappa shape index (κ2) is 5.91. The third-order valence-corrected chi connectivity index (χ3v) is 7.72. The largest absolute Gasteiger partial charge is 0.459 e. The Bertz CT molecular complexity index is 814. The fourth-order valence-corrected chi connectivity index (χ4v) is 7.00. The number of esters is 1. The number of benzene rings is 1. The molecule has 2 unspecified atom stereocenters. The minimum atomic E-state index is -0.273. The van der Waals surface area contributed by atoms with Crippen LogP contribution in [-0.2, 0) is 21.6 Å². The number of rotatable bonds is 4. The van der Waals surface area contributed by atoms with E-state index in [1.807, 2.05) is 12.3 Å². The van der Waals surface area contributed by atoms with Crippen LogP contribution in [0.1, 0.15) is 54.8 Å². The Labute approximate surface area is 158 Å². The topological polar surface area (TPSA) is 39.2 Å². The monoisotopic (exact) mass is 367 g/mol. The van der Waals surface area contributed by atoms with Gasteiger partial charge in [0.1, 0.15) is 6.61 Å². The number of nitrogens with zero attached hydrogens (tertiary/aromatic N) is 1. The van der Waals surface area contributed by atoms with Crippen molar-refractivity contribution in [3.8, 4) is 0 Å². The van der Waals surface area contributed by atoms with Gasteiger partial charge in [-0.2, -0.15) is 0 Å². The molecule has 0 N–H and O–H groups in total. The second-order valence-corrected chi connectivity index (χ2v) is 9.88. The summed E-state index contributed by atoms with van der Waals surface area (Å²) in [5.74, 6) is 1.37. The van der Waals surface area contributed by atoms with Crippen LogP contribution in [-0.4, -0.2) is 11.0 Å². The standard InChI is InChI=1S/C22H25NO2S/c1-15-23-19(13-26-15)12-25-20(24)22-10-16-7-17(11-22)9-21(8-16,14-22)18-5-3-2-4-6-18/h2-6,13,16-17H,7-12,14H2,1H3/t16-,17+,21?,22?. The van der Waals surface area contributed by atoms with E-state index in [4.69, 9.17) is 4.74 Å². The van der Waals surface area contributed by atoms with Crippen LogP contribution in [0.5, 0.6) is 0 Å². The Hall–Kier alpha value is -1.68. The predicted octanol–water partition coefficient (Wildman–Crippen LogP) is 5.03. The summed E-state index contributed by atoms with van der Waals surface area (Å²) in [7, 11) is 0. The predicted molar refractivity (Wildman–Crippen MR) is 102 cm³/mol. The zero-order valence-corrected chi connectivity index (χ0v) is 16.1. The molecule has 0 spiro atoms. The summed E-state index contributed by atoms with van der Waals surface area (Å²) in [6, 6.07) is 10.9. The van der Waals surface area contributed by atoms with Gasteiger partial charge in [-0.25, -0.2) is 4.98 Å². The van der Waals surface area contributed by atoms with Crippen LogP contribution in [0.15, 0.2) is 35.7 Å². The van der Waals surface area contributed by atoms with Crippen LogP contribution >= 0.6 is 11.3 Å². The molecule has 6 rings (SSSR count). The van der Waals surface area contributed by atoms with Gasteiger partial charge < -0.3 is 4.74 Å². The van der Waals surface area contributed by atoms with Crippen molar-refractivity contribution in [2.75, 3.05) is 0 Å². The number of aromatic nitrogens is 1. The van der Waals surface area contributed by atoms with Gasteiger partial charge in [0.2, 0.25) is 0 Å². The number of carbonyl (C=O) groups is 1. The molecule has 4 heteroatoms. The summed E-state index contributed by atoms with van der Waals surface area (Å²) in [6.45, 7) is 2.30. The Balaban J connectivity index is 1.40. The van der Waals surface area contributed by atoms with Gasteiger partial charge in [-0.1, -0.05) is 30.3 Å². The molecule has 4 atom stereocenters. The fraction of sp³-hybridized carbons (Fsp3) is 0.545. The third-order valence-electron chi connectivity index (χ3n) is 6.90. The van der Waals surface area contributed by atoms with E-state index in [0.717, 1.165) is 30.0 Å². The lowest BCUT2D eigenvalue weighted by molar-refractivity contribution is -0.175. The minimum absolute atomic E-state index is 0.0255. The van der Waals surface area contributed by atoms with Crippen molar-refractivity contribution < 1.29 is 9.53 Å². The van der Waals surface area contributed by atoms with Crippen LogP contribution in [0, 0.1) is 24.2 Å². The quantitative estimate of drug-likeness (QED) is 0.711. The Kier molecular flexibility index (Phi) is 3.75. The highest BCUT2D eigenvalue weighted by Gasteiger charge is 2.61. The molecule has 4 bridgehead atoms. The van der Waals surface area contributed by atoms with E-state index in [2.05, 4.69) is 35.3 Å². The van der Waals surface area contributed by atoms with Crippen molar-refractivity contribution in [1.29, 1.82) is 0 Å². The van der Waals surface area contributed by atoms with E-state index in [1.54, 1.807) is 11.3 Å². The highest BCUT2D eigenvalue weighted by molar-refractivity contribution is 7.09. The van der Waals surface area contributed by atoms with Gasteiger partial charge in [-0.3, -0.25) is 4.79 Å². The molecule has 0 amide bonds. The normalized spacial score (nSPS) is 34.8.